The second kappa shape index (κ2) is 6.31. The maximum Gasteiger partial charge on any atom is 0.238 e. The standard InChI is InChI=1S/C12H16N2OS/c1-3-6-9(13)12(15)14-10(4-2)11-7-5-8-16-11/h1,5,7-10H,4,6,13H2,2H3,(H,14,15). The Morgan fingerprint density at radius 3 is 3.00 bits per heavy atom. The highest BCUT2D eigenvalue weighted by Gasteiger charge is 2.17. The van der Waals surface area contributed by atoms with Gasteiger partial charge in [0.15, 0.2) is 0 Å². The van der Waals surface area contributed by atoms with E-state index < -0.39 is 6.04 Å². The summed E-state index contributed by atoms with van der Waals surface area (Å²) in [6, 6.07) is 3.40. The molecule has 3 N–H and O–H groups in total. The molecule has 4 heteroatoms. The van der Waals surface area contributed by atoms with Crippen LogP contribution >= 0.6 is 11.3 Å². The van der Waals surface area contributed by atoms with E-state index in [2.05, 4.69) is 11.2 Å². The van der Waals surface area contributed by atoms with Crippen molar-refractivity contribution < 1.29 is 4.79 Å². The summed E-state index contributed by atoms with van der Waals surface area (Å²) in [5.74, 6) is 2.21. The Kier molecular flexibility index (Phi) is 5.03. The number of nitrogens with two attached hydrogens (primary N) is 1. The van der Waals surface area contributed by atoms with Crippen LogP contribution in [0.1, 0.15) is 30.7 Å². The van der Waals surface area contributed by atoms with Gasteiger partial charge in [0.05, 0.1) is 12.1 Å². The summed E-state index contributed by atoms with van der Waals surface area (Å²) in [5, 5.41) is 4.90. The lowest BCUT2D eigenvalue weighted by Crippen LogP contribution is -2.41. The molecule has 2 atom stereocenters. The number of hydrogen-bond acceptors (Lipinski definition) is 3. The predicted octanol–water partition coefficient (Wildman–Crippen LogP) is 1.67. The van der Waals surface area contributed by atoms with Crippen molar-refractivity contribution in [2.24, 2.45) is 5.73 Å². The normalized spacial score (nSPS) is 13.8. The zero-order valence-electron chi connectivity index (χ0n) is 9.27. The molecule has 1 amide bonds. The van der Waals surface area contributed by atoms with Crippen LogP contribution in [0.25, 0.3) is 0 Å². The average Bonchev–Trinajstić information content (AvgIpc) is 2.79. The lowest BCUT2D eigenvalue weighted by Gasteiger charge is -2.17. The maximum atomic E-state index is 11.7. The maximum absolute atomic E-state index is 11.7. The molecule has 0 saturated carbocycles. The molecule has 1 heterocycles. The SMILES string of the molecule is C#CCC(N)C(=O)NC(CC)c1cccs1. The fourth-order valence-corrected chi connectivity index (χ4v) is 2.22. The van der Waals surface area contributed by atoms with Crippen molar-refractivity contribution in [3.63, 3.8) is 0 Å². The van der Waals surface area contributed by atoms with E-state index in [0.29, 0.717) is 0 Å². The number of thiophene rings is 1. The minimum Gasteiger partial charge on any atom is -0.347 e. The fourth-order valence-electron chi connectivity index (χ4n) is 1.36. The Labute approximate surface area is 100 Å². The van der Waals surface area contributed by atoms with Gasteiger partial charge >= 0.3 is 0 Å². The van der Waals surface area contributed by atoms with Crippen LogP contribution in [-0.4, -0.2) is 11.9 Å². The number of rotatable bonds is 5. The van der Waals surface area contributed by atoms with E-state index in [9.17, 15) is 4.79 Å². The number of carbonyl (C=O) groups is 1. The van der Waals surface area contributed by atoms with E-state index in [4.69, 9.17) is 12.2 Å². The van der Waals surface area contributed by atoms with Gasteiger partial charge in [0.2, 0.25) is 5.91 Å². The van der Waals surface area contributed by atoms with Crippen molar-refractivity contribution in [1.29, 1.82) is 0 Å². The quantitative estimate of drug-likeness (QED) is 0.764. The Morgan fingerprint density at radius 2 is 2.50 bits per heavy atom. The highest BCUT2D eigenvalue weighted by atomic mass is 32.1. The first-order chi connectivity index (χ1) is 7.69. The molecule has 1 aromatic rings. The van der Waals surface area contributed by atoms with E-state index in [1.807, 2.05) is 24.4 Å². The molecule has 0 saturated heterocycles. The molecule has 0 aliphatic carbocycles. The minimum atomic E-state index is -0.612. The van der Waals surface area contributed by atoms with E-state index in [1.165, 1.54) is 0 Å². The number of carbonyl (C=O) groups excluding carboxylic acids is 1. The van der Waals surface area contributed by atoms with Crippen LogP contribution in [0.3, 0.4) is 0 Å². The predicted molar refractivity (Wildman–Crippen MR) is 66.9 cm³/mol. The molecule has 1 aromatic heterocycles. The average molecular weight is 236 g/mol. The number of nitrogens with one attached hydrogen (secondary N) is 1. The monoisotopic (exact) mass is 236 g/mol. The van der Waals surface area contributed by atoms with Crippen molar-refractivity contribution in [3.05, 3.63) is 22.4 Å². The van der Waals surface area contributed by atoms with Gasteiger partial charge in [0.1, 0.15) is 0 Å². The van der Waals surface area contributed by atoms with E-state index in [-0.39, 0.29) is 18.4 Å². The lowest BCUT2D eigenvalue weighted by molar-refractivity contribution is -0.123. The minimum absolute atomic E-state index is 0.0383. The first kappa shape index (κ1) is 12.8. The first-order valence-electron chi connectivity index (χ1n) is 5.21. The van der Waals surface area contributed by atoms with E-state index in [1.54, 1.807) is 11.3 Å². The molecule has 0 radical (unpaired) electrons. The molecule has 1 rings (SSSR count). The Morgan fingerprint density at radius 1 is 1.75 bits per heavy atom. The molecule has 86 valence electrons. The second-order valence-electron chi connectivity index (χ2n) is 3.50. The highest BCUT2D eigenvalue weighted by molar-refractivity contribution is 7.10. The summed E-state index contributed by atoms with van der Waals surface area (Å²) in [5.41, 5.74) is 5.63. The molecule has 0 spiro atoms. The molecule has 3 nitrogen and oxygen atoms in total. The topological polar surface area (TPSA) is 55.1 Å². The molecule has 2 unspecified atom stereocenters. The summed E-state index contributed by atoms with van der Waals surface area (Å²) in [6.45, 7) is 2.03. The molecule has 0 fully saturated rings. The first-order valence-corrected chi connectivity index (χ1v) is 6.09. The van der Waals surface area contributed by atoms with Gasteiger partial charge in [-0.25, -0.2) is 0 Å². The molecule has 0 aromatic carbocycles. The van der Waals surface area contributed by atoms with Crippen molar-refractivity contribution in [2.45, 2.75) is 31.8 Å². The van der Waals surface area contributed by atoms with Gasteiger partial charge in [0.25, 0.3) is 0 Å². The zero-order valence-corrected chi connectivity index (χ0v) is 10.1. The van der Waals surface area contributed by atoms with Crippen LogP contribution in [0.15, 0.2) is 17.5 Å². The Balaban J connectivity index is 2.58. The Hall–Kier alpha value is -1.31. The number of terminal acetylenes is 1. The van der Waals surface area contributed by atoms with Gasteiger partial charge in [-0.3, -0.25) is 4.79 Å². The Bertz CT molecular complexity index is 367. The molecular weight excluding hydrogens is 220 g/mol. The van der Waals surface area contributed by atoms with Gasteiger partial charge in [-0.2, -0.15) is 0 Å². The summed E-state index contributed by atoms with van der Waals surface area (Å²) < 4.78 is 0. The summed E-state index contributed by atoms with van der Waals surface area (Å²) in [4.78, 5) is 12.8. The van der Waals surface area contributed by atoms with Crippen molar-refractivity contribution in [3.8, 4) is 12.3 Å². The van der Waals surface area contributed by atoms with Crippen LogP contribution in [0.2, 0.25) is 0 Å². The summed E-state index contributed by atoms with van der Waals surface area (Å²) in [6.07, 6.45) is 6.23. The molecule has 0 aliphatic rings. The third-order valence-corrected chi connectivity index (χ3v) is 3.27. The molecular formula is C12H16N2OS. The number of hydrogen-bond donors (Lipinski definition) is 2. The molecule has 0 aliphatic heterocycles. The second-order valence-corrected chi connectivity index (χ2v) is 4.48. The molecule has 0 bridgehead atoms. The third-order valence-electron chi connectivity index (χ3n) is 2.29. The van der Waals surface area contributed by atoms with Gasteiger partial charge in [-0.1, -0.05) is 13.0 Å². The highest BCUT2D eigenvalue weighted by Crippen LogP contribution is 2.21. The van der Waals surface area contributed by atoms with Crippen LogP contribution < -0.4 is 11.1 Å². The van der Waals surface area contributed by atoms with Crippen molar-refractivity contribution in [2.75, 3.05) is 0 Å². The van der Waals surface area contributed by atoms with Crippen LogP contribution in [0.5, 0.6) is 0 Å². The van der Waals surface area contributed by atoms with Gasteiger partial charge in [0, 0.05) is 11.3 Å². The lowest BCUT2D eigenvalue weighted by atomic mass is 10.1. The largest absolute Gasteiger partial charge is 0.347 e. The van der Waals surface area contributed by atoms with Gasteiger partial charge < -0.3 is 11.1 Å². The van der Waals surface area contributed by atoms with Crippen LogP contribution in [0.4, 0.5) is 0 Å². The zero-order chi connectivity index (χ0) is 12.0. The van der Waals surface area contributed by atoms with Gasteiger partial charge in [-0.15, -0.1) is 23.7 Å². The summed E-state index contributed by atoms with van der Waals surface area (Å²) in [7, 11) is 0. The van der Waals surface area contributed by atoms with Crippen LogP contribution in [0, 0.1) is 12.3 Å². The van der Waals surface area contributed by atoms with Crippen LogP contribution in [-0.2, 0) is 4.79 Å². The third kappa shape index (κ3) is 3.37. The molecule has 16 heavy (non-hydrogen) atoms. The van der Waals surface area contributed by atoms with Crippen molar-refractivity contribution in [1.82, 2.24) is 5.32 Å². The van der Waals surface area contributed by atoms with Gasteiger partial charge in [-0.05, 0) is 17.9 Å². The fraction of sp³-hybridized carbons (Fsp3) is 0.417. The smallest absolute Gasteiger partial charge is 0.238 e. The number of amides is 1. The van der Waals surface area contributed by atoms with Crippen molar-refractivity contribution >= 4 is 17.2 Å². The van der Waals surface area contributed by atoms with E-state index in [0.717, 1.165) is 11.3 Å². The summed E-state index contributed by atoms with van der Waals surface area (Å²) >= 11 is 1.63. The van der Waals surface area contributed by atoms with E-state index >= 15 is 0 Å².